The van der Waals surface area contributed by atoms with E-state index in [2.05, 4.69) is 4.90 Å². The number of nitrogens with two attached hydrogens (primary N) is 1. The molecule has 0 unspecified atom stereocenters. The molecule has 0 aromatic heterocycles. The molecule has 0 heterocycles. The average molecular weight is 248 g/mol. The van der Waals surface area contributed by atoms with Crippen molar-refractivity contribution in [3.8, 4) is 0 Å². The summed E-state index contributed by atoms with van der Waals surface area (Å²) < 4.78 is 4.81. The Bertz CT molecular complexity index is 441. The van der Waals surface area contributed by atoms with Crippen molar-refractivity contribution in [3.63, 3.8) is 0 Å². The van der Waals surface area contributed by atoms with Crippen molar-refractivity contribution in [2.75, 3.05) is 31.3 Å². The van der Waals surface area contributed by atoms with Gasteiger partial charge in [0.15, 0.2) is 0 Å². The van der Waals surface area contributed by atoms with Crippen LogP contribution in [-0.4, -0.2) is 26.7 Å². The molecule has 0 radical (unpaired) electrons. The molecule has 0 saturated heterocycles. The molecule has 0 spiro atoms. The third-order valence-corrected chi connectivity index (χ3v) is 3.59. The fourth-order valence-electron chi connectivity index (χ4n) is 2.32. The minimum atomic E-state index is -0.335. The van der Waals surface area contributed by atoms with Gasteiger partial charge in [0.1, 0.15) is 0 Å². The number of methoxy groups -OCH3 is 1. The summed E-state index contributed by atoms with van der Waals surface area (Å²) in [5.41, 5.74) is 7.74. The molecule has 18 heavy (non-hydrogen) atoms. The standard InChI is InChI=1S/C14H20N2O2/c1-16(9-10-4-3-5-10)13-7-6-11(15)8-12(13)14(17)18-2/h6-8,10H,3-5,9,15H2,1-2H3. The van der Waals surface area contributed by atoms with Gasteiger partial charge in [-0.2, -0.15) is 0 Å². The van der Waals surface area contributed by atoms with Gasteiger partial charge >= 0.3 is 5.97 Å². The summed E-state index contributed by atoms with van der Waals surface area (Å²) in [6, 6.07) is 5.39. The monoisotopic (exact) mass is 248 g/mol. The van der Waals surface area contributed by atoms with Crippen molar-refractivity contribution in [1.82, 2.24) is 0 Å². The molecule has 1 aromatic rings. The van der Waals surface area contributed by atoms with Crippen molar-refractivity contribution in [1.29, 1.82) is 0 Å². The van der Waals surface area contributed by atoms with Crippen LogP contribution in [0.2, 0.25) is 0 Å². The molecule has 1 aromatic carbocycles. The maximum atomic E-state index is 11.8. The highest BCUT2D eigenvalue weighted by Gasteiger charge is 2.22. The lowest BCUT2D eigenvalue weighted by atomic mass is 9.85. The molecule has 0 atom stereocenters. The summed E-state index contributed by atoms with van der Waals surface area (Å²) in [7, 11) is 3.40. The van der Waals surface area contributed by atoms with Crippen LogP contribution in [0.3, 0.4) is 0 Å². The van der Waals surface area contributed by atoms with E-state index in [4.69, 9.17) is 10.5 Å². The van der Waals surface area contributed by atoms with Gasteiger partial charge in [-0.1, -0.05) is 6.42 Å². The zero-order valence-corrected chi connectivity index (χ0v) is 11.0. The summed E-state index contributed by atoms with van der Waals surface area (Å²) in [6.07, 6.45) is 3.89. The number of rotatable bonds is 4. The van der Waals surface area contributed by atoms with Gasteiger partial charge in [-0.05, 0) is 37.0 Å². The second-order valence-electron chi connectivity index (χ2n) is 4.95. The van der Waals surface area contributed by atoms with E-state index in [9.17, 15) is 4.79 Å². The van der Waals surface area contributed by atoms with Gasteiger partial charge in [0.05, 0.1) is 18.4 Å². The number of nitrogen functional groups attached to an aromatic ring is 1. The van der Waals surface area contributed by atoms with E-state index >= 15 is 0 Å². The van der Waals surface area contributed by atoms with Crippen molar-refractivity contribution in [2.45, 2.75) is 19.3 Å². The van der Waals surface area contributed by atoms with Gasteiger partial charge < -0.3 is 15.4 Å². The maximum Gasteiger partial charge on any atom is 0.340 e. The van der Waals surface area contributed by atoms with Crippen LogP contribution in [0.25, 0.3) is 0 Å². The molecule has 1 fully saturated rings. The first kappa shape index (κ1) is 12.7. The lowest BCUT2D eigenvalue weighted by Crippen LogP contribution is -2.30. The fraction of sp³-hybridized carbons (Fsp3) is 0.500. The van der Waals surface area contributed by atoms with Crippen LogP contribution >= 0.6 is 0 Å². The van der Waals surface area contributed by atoms with E-state index in [-0.39, 0.29) is 5.97 Å². The number of benzene rings is 1. The molecule has 1 saturated carbocycles. The molecule has 0 aliphatic heterocycles. The lowest BCUT2D eigenvalue weighted by Gasteiger charge is -2.32. The van der Waals surface area contributed by atoms with Gasteiger partial charge in [-0.25, -0.2) is 4.79 Å². The SMILES string of the molecule is COC(=O)c1cc(N)ccc1N(C)CC1CCC1. The third-order valence-electron chi connectivity index (χ3n) is 3.59. The summed E-state index contributed by atoms with van der Waals surface area (Å²) >= 11 is 0. The minimum Gasteiger partial charge on any atom is -0.465 e. The molecule has 4 nitrogen and oxygen atoms in total. The first-order valence-electron chi connectivity index (χ1n) is 6.30. The van der Waals surface area contributed by atoms with Crippen LogP contribution in [0, 0.1) is 5.92 Å². The van der Waals surface area contributed by atoms with Crippen molar-refractivity contribution < 1.29 is 9.53 Å². The van der Waals surface area contributed by atoms with Crippen LogP contribution in [0.4, 0.5) is 11.4 Å². The Morgan fingerprint density at radius 1 is 1.50 bits per heavy atom. The largest absolute Gasteiger partial charge is 0.465 e. The molecule has 0 bridgehead atoms. The average Bonchev–Trinajstić information content (AvgIpc) is 2.32. The third kappa shape index (κ3) is 2.58. The topological polar surface area (TPSA) is 55.6 Å². The smallest absolute Gasteiger partial charge is 0.340 e. The van der Waals surface area contributed by atoms with E-state index in [1.165, 1.54) is 26.4 Å². The highest BCUT2D eigenvalue weighted by molar-refractivity contribution is 5.96. The van der Waals surface area contributed by atoms with Crippen LogP contribution in [0.15, 0.2) is 18.2 Å². The second-order valence-corrected chi connectivity index (χ2v) is 4.95. The van der Waals surface area contributed by atoms with Crippen molar-refractivity contribution in [2.24, 2.45) is 5.92 Å². The molecule has 2 rings (SSSR count). The zero-order valence-electron chi connectivity index (χ0n) is 11.0. The normalized spacial score (nSPS) is 15.0. The van der Waals surface area contributed by atoms with Crippen LogP contribution in [0.5, 0.6) is 0 Å². The van der Waals surface area contributed by atoms with Gasteiger partial charge in [-0.15, -0.1) is 0 Å². The maximum absolute atomic E-state index is 11.8. The summed E-state index contributed by atoms with van der Waals surface area (Å²) in [4.78, 5) is 13.9. The molecule has 4 heteroatoms. The van der Waals surface area contributed by atoms with E-state index in [1.54, 1.807) is 6.07 Å². The van der Waals surface area contributed by atoms with E-state index in [0.29, 0.717) is 11.3 Å². The molecular formula is C14H20N2O2. The first-order chi connectivity index (χ1) is 8.61. The predicted molar refractivity (Wildman–Crippen MR) is 72.8 cm³/mol. The van der Waals surface area contributed by atoms with E-state index in [1.807, 2.05) is 19.2 Å². The highest BCUT2D eigenvalue weighted by Crippen LogP contribution is 2.30. The Kier molecular flexibility index (Phi) is 3.75. The number of esters is 1. The number of carbonyl (C=O) groups excluding carboxylic acids is 1. The number of ether oxygens (including phenoxy) is 1. The van der Waals surface area contributed by atoms with Gasteiger partial charge in [0.2, 0.25) is 0 Å². The van der Waals surface area contributed by atoms with Crippen molar-refractivity contribution in [3.05, 3.63) is 23.8 Å². The van der Waals surface area contributed by atoms with Gasteiger partial charge in [-0.3, -0.25) is 0 Å². The first-order valence-corrected chi connectivity index (χ1v) is 6.30. The Morgan fingerprint density at radius 2 is 2.22 bits per heavy atom. The molecule has 1 aliphatic carbocycles. The Morgan fingerprint density at radius 3 is 2.78 bits per heavy atom. The van der Waals surface area contributed by atoms with Gasteiger partial charge in [0.25, 0.3) is 0 Å². The predicted octanol–water partition coefficient (Wildman–Crippen LogP) is 2.29. The molecule has 0 amide bonds. The number of nitrogens with zero attached hydrogens (tertiary/aromatic N) is 1. The zero-order chi connectivity index (χ0) is 13.1. The number of hydrogen-bond acceptors (Lipinski definition) is 4. The Balaban J connectivity index is 2.21. The fourth-order valence-corrected chi connectivity index (χ4v) is 2.32. The molecule has 98 valence electrons. The van der Waals surface area contributed by atoms with E-state index < -0.39 is 0 Å². The number of carbonyl (C=O) groups is 1. The summed E-state index contributed by atoms with van der Waals surface area (Å²) in [6.45, 7) is 0.980. The Hall–Kier alpha value is -1.71. The van der Waals surface area contributed by atoms with Crippen molar-refractivity contribution >= 4 is 17.3 Å². The molecule has 2 N–H and O–H groups in total. The lowest BCUT2D eigenvalue weighted by molar-refractivity contribution is 0.0601. The van der Waals surface area contributed by atoms with Crippen LogP contribution in [-0.2, 0) is 4.74 Å². The Labute approximate surface area is 108 Å². The molecule has 1 aliphatic rings. The van der Waals surface area contributed by atoms with Gasteiger partial charge in [0, 0.05) is 19.3 Å². The number of hydrogen-bond donors (Lipinski definition) is 1. The molecular weight excluding hydrogens is 228 g/mol. The number of anilines is 2. The second kappa shape index (κ2) is 5.29. The minimum absolute atomic E-state index is 0.335. The highest BCUT2D eigenvalue weighted by atomic mass is 16.5. The van der Waals surface area contributed by atoms with E-state index in [0.717, 1.165) is 18.2 Å². The summed E-state index contributed by atoms with van der Waals surface area (Å²) in [5, 5.41) is 0. The van der Waals surface area contributed by atoms with Crippen LogP contribution in [0.1, 0.15) is 29.6 Å². The summed E-state index contributed by atoms with van der Waals surface area (Å²) in [5.74, 6) is 0.413. The van der Waals surface area contributed by atoms with Crippen LogP contribution < -0.4 is 10.6 Å². The quantitative estimate of drug-likeness (QED) is 0.656.